The average Bonchev–Trinajstić information content (AvgIpc) is 2.72. The van der Waals surface area contributed by atoms with E-state index in [0.717, 1.165) is 29.2 Å². The van der Waals surface area contributed by atoms with Crippen molar-refractivity contribution in [1.29, 1.82) is 0 Å². The third-order valence-corrected chi connectivity index (χ3v) is 3.72. The first-order chi connectivity index (χ1) is 13.9. The van der Waals surface area contributed by atoms with Gasteiger partial charge in [-0.15, -0.1) is 0 Å². The molecule has 8 heteroatoms. The van der Waals surface area contributed by atoms with Gasteiger partial charge in [0.25, 0.3) is 0 Å². The maximum absolute atomic E-state index is 9.10. The molecule has 8 nitrogen and oxygen atoms in total. The maximum atomic E-state index is 9.10. The topological polar surface area (TPSA) is 114 Å². The van der Waals surface area contributed by atoms with E-state index in [-0.39, 0.29) is 0 Å². The van der Waals surface area contributed by atoms with Crippen molar-refractivity contribution in [1.82, 2.24) is 5.32 Å². The number of hydrogen-bond acceptors (Lipinski definition) is 6. The van der Waals surface area contributed by atoms with Crippen molar-refractivity contribution in [2.75, 3.05) is 20.8 Å². The Morgan fingerprint density at radius 2 is 1.62 bits per heavy atom. The van der Waals surface area contributed by atoms with Gasteiger partial charge in [0.1, 0.15) is 6.61 Å². The number of benzene rings is 2. The van der Waals surface area contributed by atoms with E-state index in [1.54, 1.807) is 14.2 Å². The highest BCUT2D eigenvalue weighted by Gasteiger charge is 2.08. The number of hydrogen-bond donors (Lipinski definition) is 3. The summed E-state index contributed by atoms with van der Waals surface area (Å²) < 4.78 is 16.5. The second-order valence-corrected chi connectivity index (χ2v) is 6.11. The van der Waals surface area contributed by atoms with Crippen LogP contribution in [0, 0.1) is 0 Å². The summed E-state index contributed by atoms with van der Waals surface area (Å²) in [6.07, 6.45) is 0. The standard InChI is InChI=1S/C19H25NO3.C2H2O4/c1-15(13-21-2)20-12-17-9-10-18(22-3)19(11-17)23-14-16-7-5-4-6-8-16;3-1(4)2(5)6/h4-11,15,20H,12-14H2,1-3H3;(H,3,4)(H,5,6). The smallest absolute Gasteiger partial charge is 0.414 e. The monoisotopic (exact) mass is 405 g/mol. The summed E-state index contributed by atoms with van der Waals surface area (Å²) in [4.78, 5) is 18.2. The van der Waals surface area contributed by atoms with E-state index >= 15 is 0 Å². The summed E-state index contributed by atoms with van der Waals surface area (Å²) in [5.41, 5.74) is 2.28. The van der Waals surface area contributed by atoms with Gasteiger partial charge >= 0.3 is 11.9 Å². The van der Waals surface area contributed by atoms with Crippen LogP contribution in [-0.2, 0) is 27.5 Å². The lowest BCUT2D eigenvalue weighted by atomic mass is 10.2. The lowest BCUT2D eigenvalue weighted by Gasteiger charge is -2.15. The summed E-state index contributed by atoms with van der Waals surface area (Å²) in [5, 5.41) is 18.2. The van der Waals surface area contributed by atoms with Crippen LogP contribution in [0.4, 0.5) is 0 Å². The lowest BCUT2D eigenvalue weighted by molar-refractivity contribution is -0.159. The predicted octanol–water partition coefficient (Wildman–Crippen LogP) is 2.55. The Bertz CT molecular complexity index is 753. The van der Waals surface area contributed by atoms with Crippen LogP contribution in [0.3, 0.4) is 0 Å². The Hall–Kier alpha value is -3.10. The fourth-order valence-corrected chi connectivity index (χ4v) is 2.28. The third kappa shape index (κ3) is 9.59. The number of carboxylic acid groups (broad SMARTS) is 2. The molecule has 0 fully saturated rings. The normalized spacial score (nSPS) is 11.0. The summed E-state index contributed by atoms with van der Waals surface area (Å²) in [6.45, 7) is 4.07. The van der Waals surface area contributed by atoms with Gasteiger partial charge in [0.05, 0.1) is 13.7 Å². The molecule has 0 aliphatic rings. The first-order valence-corrected chi connectivity index (χ1v) is 8.89. The number of ether oxygens (including phenoxy) is 3. The Morgan fingerprint density at radius 3 is 2.17 bits per heavy atom. The van der Waals surface area contributed by atoms with Gasteiger partial charge in [0.15, 0.2) is 11.5 Å². The van der Waals surface area contributed by atoms with Gasteiger partial charge in [-0.05, 0) is 30.2 Å². The molecule has 0 amide bonds. The van der Waals surface area contributed by atoms with Crippen LogP contribution in [0.1, 0.15) is 18.1 Å². The average molecular weight is 405 g/mol. The molecule has 0 aromatic heterocycles. The Labute approximate surface area is 170 Å². The zero-order valence-corrected chi connectivity index (χ0v) is 16.8. The van der Waals surface area contributed by atoms with Crippen LogP contribution in [0.25, 0.3) is 0 Å². The second kappa shape index (κ2) is 13.1. The molecule has 0 spiro atoms. The van der Waals surface area contributed by atoms with Gasteiger partial charge in [-0.25, -0.2) is 9.59 Å². The highest BCUT2D eigenvalue weighted by Crippen LogP contribution is 2.28. The summed E-state index contributed by atoms with van der Waals surface area (Å²) >= 11 is 0. The van der Waals surface area contributed by atoms with Crippen LogP contribution in [0.5, 0.6) is 11.5 Å². The zero-order valence-electron chi connectivity index (χ0n) is 16.8. The van der Waals surface area contributed by atoms with Crippen LogP contribution < -0.4 is 14.8 Å². The Morgan fingerprint density at radius 1 is 0.966 bits per heavy atom. The lowest BCUT2D eigenvalue weighted by Crippen LogP contribution is -2.29. The van der Waals surface area contributed by atoms with Gasteiger partial charge in [0, 0.05) is 19.7 Å². The van der Waals surface area contributed by atoms with Gasteiger partial charge in [-0.2, -0.15) is 0 Å². The SMILES string of the molecule is COCC(C)NCc1ccc(OC)c(OCc2ccccc2)c1.O=C(O)C(=O)O. The highest BCUT2D eigenvalue weighted by atomic mass is 16.5. The predicted molar refractivity (Wildman–Crippen MR) is 107 cm³/mol. The molecular weight excluding hydrogens is 378 g/mol. The molecule has 3 N–H and O–H groups in total. The fourth-order valence-electron chi connectivity index (χ4n) is 2.28. The fraction of sp³-hybridized carbons (Fsp3) is 0.333. The minimum absolute atomic E-state index is 0.302. The minimum atomic E-state index is -1.82. The molecule has 0 saturated heterocycles. The molecule has 0 saturated carbocycles. The van der Waals surface area contributed by atoms with Crippen molar-refractivity contribution < 1.29 is 34.0 Å². The van der Waals surface area contributed by atoms with E-state index in [4.69, 9.17) is 34.0 Å². The molecule has 1 unspecified atom stereocenters. The van der Waals surface area contributed by atoms with Crippen LogP contribution in [-0.4, -0.2) is 49.0 Å². The van der Waals surface area contributed by atoms with Gasteiger partial charge in [-0.1, -0.05) is 36.4 Å². The second-order valence-electron chi connectivity index (χ2n) is 6.11. The molecule has 0 bridgehead atoms. The summed E-state index contributed by atoms with van der Waals surface area (Å²) in [6, 6.07) is 16.4. The van der Waals surface area contributed by atoms with E-state index in [0.29, 0.717) is 19.3 Å². The molecule has 0 aliphatic carbocycles. The maximum Gasteiger partial charge on any atom is 0.414 e. The molecule has 158 valence electrons. The number of methoxy groups -OCH3 is 2. The van der Waals surface area contributed by atoms with Crippen molar-refractivity contribution in [2.24, 2.45) is 0 Å². The molecule has 2 aromatic carbocycles. The van der Waals surface area contributed by atoms with E-state index in [1.165, 1.54) is 0 Å². The van der Waals surface area contributed by atoms with E-state index in [1.807, 2.05) is 48.5 Å². The van der Waals surface area contributed by atoms with E-state index in [9.17, 15) is 0 Å². The molecule has 0 aliphatic heterocycles. The van der Waals surface area contributed by atoms with Crippen LogP contribution in [0.2, 0.25) is 0 Å². The molecule has 0 radical (unpaired) electrons. The third-order valence-electron chi connectivity index (χ3n) is 3.72. The number of rotatable bonds is 9. The van der Waals surface area contributed by atoms with Gasteiger partial charge in [-0.3, -0.25) is 0 Å². The first-order valence-electron chi connectivity index (χ1n) is 8.89. The van der Waals surface area contributed by atoms with Gasteiger partial charge in [0.2, 0.25) is 0 Å². The number of aliphatic carboxylic acids is 2. The van der Waals surface area contributed by atoms with Crippen molar-refractivity contribution in [3.8, 4) is 11.5 Å². The number of carboxylic acids is 2. The molecule has 29 heavy (non-hydrogen) atoms. The summed E-state index contributed by atoms with van der Waals surface area (Å²) in [7, 11) is 3.37. The van der Waals surface area contributed by atoms with Crippen molar-refractivity contribution in [3.63, 3.8) is 0 Å². The van der Waals surface area contributed by atoms with Crippen LogP contribution >= 0.6 is 0 Å². The zero-order chi connectivity index (χ0) is 21.6. The van der Waals surface area contributed by atoms with Crippen LogP contribution in [0.15, 0.2) is 48.5 Å². The van der Waals surface area contributed by atoms with E-state index < -0.39 is 11.9 Å². The summed E-state index contributed by atoms with van der Waals surface area (Å²) in [5.74, 6) is -2.14. The van der Waals surface area contributed by atoms with Gasteiger partial charge < -0.3 is 29.7 Å². The van der Waals surface area contributed by atoms with Crippen molar-refractivity contribution in [3.05, 3.63) is 59.7 Å². The quantitative estimate of drug-likeness (QED) is 0.546. The van der Waals surface area contributed by atoms with Crippen molar-refractivity contribution >= 4 is 11.9 Å². The molecule has 1 atom stereocenters. The Balaban J connectivity index is 0.000000612. The Kier molecular flexibility index (Phi) is 10.8. The molecule has 0 heterocycles. The molecule has 2 aromatic rings. The van der Waals surface area contributed by atoms with Crippen molar-refractivity contribution in [2.45, 2.75) is 26.1 Å². The van der Waals surface area contributed by atoms with E-state index in [2.05, 4.69) is 12.2 Å². The molecule has 2 rings (SSSR count). The number of nitrogens with one attached hydrogen (secondary N) is 1. The highest BCUT2D eigenvalue weighted by molar-refractivity contribution is 6.27. The minimum Gasteiger partial charge on any atom is -0.493 e. The molecular formula is C21H27NO7. The first kappa shape index (κ1) is 23.9. The number of carbonyl (C=O) groups is 2. The largest absolute Gasteiger partial charge is 0.493 e.